The van der Waals surface area contributed by atoms with Crippen molar-refractivity contribution in [2.24, 2.45) is 5.92 Å². The molecular formula is C32H51IN3O5-. The number of halogens is 1. The van der Waals surface area contributed by atoms with Gasteiger partial charge in [0.15, 0.2) is 0 Å². The first kappa shape index (κ1) is 32.0. The smallest absolute Gasteiger partial charge is 0.275 e. The number of alkyl halides is 4. The van der Waals surface area contributed by atoms with Gasteiger partial charge in [-0.1, -0.05) is 0 Å². The molecule has 0 unspecified atom stereocenters. The summed E-state index contributed by atoms with van der Waals surface area (Å²) in [5.41, 5.74) is 2.14. The standard InChI is InChI=1S/C32H51IN3O5/c1-5-6-16-34(17-8-7-15-33(2,3)4)30(38)23-36-22-26(24-11-12-28-25(21-24)14-20-41-28)31(32(39)40)27(36)13-19-35-18-9-10-29(35)37/h11-12,21,26-27,31H,5-10,13-20,22-23H2,1-4H3,(H,39,40)/q-1/t26-,27+,31-/m1/s1. The summed E-state index contributed by atoms with van der Waals surface area (Å²) in [6.07, 6.45) is 7.01. The average molecular weight is 685 g/mol. The number of carboxylic acid groups (broad SMARTS) is 1. The van der Waals surface area contributed by atoms with Gasteiger partial charge in [0.25, 0.3) is 0 Å². The van der Waals surface area contributed by atoms with Gasteiger partial charge in [0.1, 0.15) is 5.75 Å². The van der Waals surface area contributed by atoms with E-state index in [1.54, 1.807) is 0 Å². The van der Waals surface area contributed by atoms with E-state index < -0.39 is 30.3 Å². The Morgan fingerprint density at radius 3 is 2.59 bits per heavy atom. The quantitative estimate of drug-likeness (QED) is 0.165. The molecule has 0 aliphatic carbocycles. The molecule has 2 saturated heterocycles. The normalized spacial score (nSPS) is 23.1. The van der Waals surface area contributed by atoms with Crippen LogP contribution in [-0.4, -0.2) is 109 Å². The summed E-state index contributed by atoms with van der Waals surface area (Å²) in [5.74, 6) is -0.538. The van der Waals surface area contributed by atoms with E-state index in [1.165, 1.54) is 4.43 Å². The molecule has 41 heavy (non-hydrogen) atoms. The topological polar surface area (TPSA) is 90.4 Å². The summed E-state index contributed by atoms with van der Waals surface area (Å²) in [4.78, 5) is 52.3. The number of carbonyl (C=O) groups excluding carboxylic acids is 2. The van der Waals surface area contributed by atoms with Gasteiger partial charge in [-0.05, 0) is 18.1 Å². The van der Waals surface area contributed by atoms with Crippen LogP contribution < -0.4 is 23.2 Å². The van der Waals surface area contributed by atoms with Gasteiger partial charge < -0.3 is 4.74 Å². The molecule has 3 heterocycles. The number of rotatable bonds is 15. The van der Waals surface area contributed by atoms with E-state index in [0.717, 1.165) is 75.0 Å². The third-order valence-corrected chi connectivity index (χ3v) is 12.9. The number of benzene rings is 1. The van der Waals surface area contributed by atoms with Gasteiger partial charge in [0, 0.05) is 19.4 Å². The van der Waals surface area contributed by atoms with E-state index >= 15 is 0 Å². The van der Waals surface area contributed by atoms with Crippen LogP contribution in [0, 0.1) is 5.92 Å². The number of carboxylic acids is 1. The van der Waals surface area contributed by atoms with E-state index in [1.807, 2.05) is 21.9 Å². The van der Waals surface area contributed by atoms with Crippen LogP contribution in [0.5, 0.6) is 5.75 Å². The van der Waals surface area contributed by atoms with Crippen molar-refractivity contribution in [2.45, 2.75) is 70.3 Å². The van der Waals surface area contributed by atoms with E-state index in [2.05, 4.69) is 32.7 Å². The SMILES string of the molecule is CCCCN(CCCC[I-](C)(C)C)C(=O)CN1C[C@H](c2ccc3c(c2)CCO3)[C@@H](C(=O)O)[C@@H]1CCN1CCCC1=O. The van der Waals surface area contributed by atoms with Crippen LogP contribution >= 0.6 is 0 Å². The Balaban J connectivity index is 1.52. The van der Waals surface area contributed by atoms with Gasteiger partial charge in [-0.2, -0.15) is 0 Å². The van der Waals surface area contributed by atoms with Crippen molar-refractivity contribution in [3.8, 4) is 5.75 Å². The molecule has 8 nitrogen and oxygen atoms in total. The van der Waals surface area contributed by atoms with Crippen molar-refractivity contribution >= 4 is 17.8 Å². The first-order chi connectivity index (χ1) is 19.6. The summed E-state index contributed by atoms with van der Waals surface area (Å²) in [7, 11) is 0. The maximum atomic E-state index is 13.8. The van der Waals surface area contributed by atoms with Crippen LogP contribution in [0.4, 0.5) is 0 Å². The molecule has 1 aromatic carbocycles. The predicted octanol–water partition coefficient (Wildman–Crippen LogP) is 0.561. The fourth-order valence-electron chi connectivity index (χ4n) is 6.64. The van der Waals surface area contributed by atoms with Crippen molar-refractivity contribution in [3.63, 3.8) is 0 Å². The second kappa shape index (κ2) is 14.5. The second-order valence-electron chi connectivity index (χ2n) is 12.8. The van der Waals surface area contributed by atoms with Crippen LogP contribution in [0.25, 0.3) is 0 Å². The third kappa shape index (κ3) is 8.58. The summed E-state index contributed by atoms with van der Waals surface area (Å²) in [6, 6.07) is 5.78. The molecule has 232 valence electrons. The number of fused-ring (bicyclic) bond motifs is 1. The molecule has 0 radical (unpaired) electrons. The zero-order valence-electron chi connectivity index (χ0n) is 25.6. The fourth-order valence-corrected chi connectivity index (χ4v) is 9.47. The van der Waals surface area contributed by atoms with Crippen molar-refractivity contribution in [3.05, 3.63) is 29.3 Å². The van der Waals surface area contributed by atoms with E-state index in [9.17, 15) is 19.5 Å². The Hall–Kier alpha value is -1.88. The number of carbonyl (C=O) groups is 3. The number of hydrogen-bond acceptors (Lipinski definition) is 5. The molecular weight excluding hydrogens is 633 g/mol. The summed E-state index contributed by atoms with van der Waals surface area (Å²) < 4.78 is 7.00. The minimum atomic E-state index is -1.53. The van der Waals surface area contributed by atoms with Crippen LogP contribution in [0.15, 0.2) is 18.2 Å². The van der Waals surface area contributed by atoms with Crippen LogP contribution in [0.1, 0.15) is 68.9 Å². The molecule has 0 aromatic heterocycles. The summed E-state index contributed by atoms with van der Waals surface area (Å²) >= 11 is -1.53. The van der Waals surface area contributed by atoms with E-state index in [-0.39, 0.29) is 30.3 Å². The van der Waals surface area contributed by atoms with Gasteiger partial charge in [-0.15, -0.1) is 0 Å². The minimum Gasteiger partial charge on any atom is -0.275 e. The number of likely N-dealkylation sites (tertiary alicyclic amines) is 2. The van der Waals surface area contributed by atoms with Gasteiger partial charge in [-0.3, -0.25) is 4.79 Å². The first-order valence-corrected chi connectivity index (χ1v) is 23.4. The molecule has 3 aliphatic heterocycles. The number of hydrogen-bond donors (Lipinski definition) is 1. The Bertz CT molecular complexity index is 1070. The monoisotopic (exact) mass is 684 g/mol. The van der Waals surface area contributed by atoms with Crippen LogP contribution in [0.2, 0.25) is 0 Å². The van der Waals surface area contributed by atoms with Gasteiger partial charge in [0.05, 0.1) is 6.61 Å². The number of nitrogens with zero attached hydrogens (tertiary/aromatic N) is 3. The Morgan fingerprint density at radius 1 is 1.12 bits per heavy atom. The Morgan fingerprint density at radius 2 is 1.90 bits per heavy atom. The molecule has 0 spiro atoms. The molecule has 1 aromatic rings. The number of aliphatic carboxylic acids is 1. The summed E-state index contributed by atoms with van der Waals surface area (Å²) in [6.45, 7) is 6.36. The molecule has 4 rings (SSSR count). The van der Waals surface area contributed by atoms with Crippen LogP contribution in [0.3, 0.4) is 0 Å². The van der Waals surface area contributed by atoms with E-state index in [4.69, 9.17) is 4.74 Å². The van der Waals surface area contributed by atoms with Gasteiger partial charge in [-0.25, -0.2) is 0 Å². The predicted molar refractivity (Wildman–Crippen MR) is 159 cm³/mol. The Kier molecular flexibility index (Phi) is 11.4. The van der Waals surface area contributed by atoms with Gasteiger partial charge >= 0.3 is 186 Å². The van der Waals surface area contributed by atoms with E-state index in [0.29, 0.717) is 32.5 Å². The average Bonchev–Trinajstić information content (AvgIpc) is 3.64. The maximum absolute atomic E-state index is 13.8. The molecule has 1 N–H and O–H groups in total. The zero-order valence-corrected chi connectivity index (χ0v) is 27.7. The Labute approximate surface area is 250 Å². The third-order valence-electron chi connectivity index (χ3n) is 8.89. The molecule has 0 saturated carbocycles. The number of ether oxygens (including phenoxy) is 1. The van der Waals surface area contributed by atoms with Crippen molar-refractivity contribution in [2.75, 3.05) is 65.1 Å². The molecule has 3 atom stereocenters. The second-order valence-corrected chi connectivity index (χ2v) is 24.9. The molecule has 3 aliphatic rings. The van der Waals surface area contributed by atoms with Crippen molar-refractivity contribution in [1.82, 2.24) is 14.7 Å². The fraction of sp³-hybridized carbons (Fsp3) is 0.719. The molecule has 2 amide bonds. The van der Waals surface area contributed by atoms with Gasteiger partial charge in [0.2, 0.25) is 5.91 Å². The number of amides is 2. The first-order valence-electron chi connectivity index (χ1n) is 15.4. The molecule has 0 bridgehead atoms. The number of unbranched alkanes of at least 4 members (excludes halogenated alkanes) is 2. The molecule has 2 fully saturated rings. The van der Waals surface area contributed by atoms with Crippen molar-refractivity contribution in [1.29, 1.82) is 0 Å². The molecule has 9 heteroatoms. The zero-order chi connectivity index (χ0) is 29.6. The summed E-state index contributed by atoms with van der Waals surface area (Å²) in [5, 5.41) is 10.5. The van der Waals surface area contributed by atoms with Crippen LogP contribution in [-0.2, 0) is 20.8 Å². The van der Waals surface area contributed by atoms with Crippen molar-refractivity contribution < 1.29 is 42.7 Å². The minimum absolute atomic E-state index is 0.101.